The smallest absolute Gasteiger partial charge is 0.411 e. The van der Waals surface area contributed by atoms with E-state index in [4.69, 9.17) is 9.16 Å². The molecular formula is C27H35F2NO3Si. The van der Waals surface area contributed by atoms with Crippen molar-refractivity contribution in [1.82, 2.24) is 4.90 Å². The molecule has 2 aromatic carbocycles. The topological polar surface area (TPSA) is 38.8 Å². The van der Waals surface area contributed by atoms with Gasteiger partial charge in [-0.3, -0.25) is 4.90 Å². The lowest BCUT2D eigenvalue weighted by Gasteiger charge is -2.36. The molecule has 0 N–H and O–H groups in total. The summed E-state index contributed by atoms with van der Waals surface area (Å²) in [5.41, 5.74) is 0.795. The van der Waals surface area contributed by atoms with E-state index in [-0.39, 0.29) is 17.1 Å². The van der Waals surface area contributed by atoms with Crippen LogP contribution in [-0.2, 0) is 4.74 Å². The zero-order valence-corrected chi connectivity index (χ0v) is 22.3. The van der Waals surface area contributed by atoms with Crippen LogP contribution < -0.4 is 4.43 Å². The molecule has 0 aliphatic carbocycles. The zero-order chi connectivity index (χ0) is 25.5. The molecule has 0 fully saturated rings. The fourth-order valence-electron chi connectivity index (χ4n) is 3.52. The summed E-state index contributed by atoms with van der Waals surface area (Å²) in [7, 11) is -2.07. The molecule has 7 heteroatoms. The molecule has 1 amide bonds. The van der Waals surface area contributed by atoms with Crippen molar-refractivity contribution in [3.05, 3.63) is 71.3 Å². The summed E-state index contributed by atoms with van der Waals surface area (Å²) >= 11 is 0. The van der Waals surface area contributed by atoms with Gasteiger partial charge >= 0.3 is 6.09 Å². The van der Waals surface area contributed by atoms with Crippen LogP contribution in [0.5, 0.6) is 5.75 Å². The van der Waals surface area contributed by atoms with Gasteiger partial charge in [-0.2, -0.15) is 0 Å². The van der Waals surface area contributed by atoms with Gasteiger partial charge in [0.25, 0.3) is 0 Å². The van der Waals surface area contributed by atoms with Gasteiger partial charge in [-0.05, 0) is 80.4 Å². The largest absolute Gasteiger partial charge is 0.543 e. The van der Waals surface area contributed by atoms with E-state index >= 15 is 0 Å². The maximum atomic E-state index is 14.6. The Labute approximate surface area is 202 Å². The molecule has 0 saturated heterocycles. The third-order valence-electron chi connectivity index (χ3n) is 6.32. The molecule has 1 unspecified atom stereocenters. The maximum absolute atomic E-state index is 14.6. The van der Waals surface area contributed by atoms with Gasteiger partial charge in [-0.15, -0.1) is 0 Å². The van der Waals surface area contributed by atoms with E-state index in [2.05, 4.69) is 33.9 Å². The molecule has 0 aromatic heterocycles. The number of amides is 1. The molecule has 1 aliphatic rings. The molecule has 0 saturated carbocycles. The number of halogens is 2. The standard InChI is InChI=1S/C27H35F2NO3Si/c1-26(2,3)32-25(31)30-17-19(22-16-20(28)12-13-23(22)29)15-24(30)18-10-9-11-21(14-18)33-34(7,8)27(4,5)6/h9-16,24H,17H2,1-8H3. The summed E-state index contributed by atoms with van der Waals surface area (Å²) in [6, 6.07) is 10.5. The first-order chi connectivity index (χ1) is 15.6. The molecule has 0 spiro atoms. The van der Waals surface area contributed by atoms with Gasteiger partial charge in [0, 0.05) is 5.56 Å². The van der Waals surface area contributed by atoms with Gasteiger partial charge in [0.05, 0.1) is 12.6 Å². The molecule has 3 rings (SSSR count). The average molecular weight is 488 g/mol. The third-order valence-corrected chi connectivity index (χ3v) is 10.7. The highest BCUT2D eigenvalue weighted by Crippen LogP contribution is 2.40. The van der Waals surface area contributed by atoms with E-state index in [1.807, 2.05) is 24.3 Å². The van der Waals surface area contributed by atoms with E-state index in [0.717, 1.165) is 29.5 Å². The second-order valence-corrected chi connectivity index (χ2v) is 16.0. The number of hydrogen-bond donors (Lipinski definition) is 0. The third kappa shape index (κ3) is 5.87. The van der Waals surface area contributed by atoms with Crippen molar-refractivity contribution in [1.29, 1.82) is 0 Å². The highest BCUT2D eigenvalue weighted by Gasteiger charge is 2.39. The predicted molar refractivity (Wildman–Crippen MR) is 134 cm³/mol. The van der Waals surface area contributed by atoms with Gasteiger partial charge in [0.15, 0.2) is 0 Å². The number of carbonyl (C=O) groups excluding carboxylic acids is 1. The van der Waals surface area contributed by atoms with Crippen LogP contribution in [0, 0.1) is 11.6 Å². The molecule has 1 heterocycles. The maximum Gasteiger partial charge on any atom is 0.411 e. The van der Waals surface area contributed by atoms with Gasteiger partial charge in [-0.25, -0.2) is 13.6 Å². The predicted octanol–water partition coefficient (Wildman–Crippen LogP) is 7.72. The highest BCUT2D eigenvalue weighted by molar-refractivity contribution is 6.74. The Morgan fingerprint density at radius 3 is 2.32 bits per heavy atom. The van der Waals surface area contributed by atoms with E-state index in [0.29, 0.717) is 5.57 Å². The van der Waals surface area contributed by atoms with Gasteiger partial charge in [0.1, 0.15) is 23.0 Å². The van der Waals surface area contributed by atoms with Crippen molar-refractivity contribution >= 4 is 20.0 Å². The van der Waals surface area contributed by atoms with E-state index in [1.165, 1.54) is 4.90 Å². The molecule has 2 aromatic rings. The number of nitrogens with zero attached hydrogens (tertiary/aromatic N) is 1. The van der Waals surface area contributed by atoms with Gasteiger partial charge in [0.2, 0.25) is 8.32 Å². The Bertz CT molecular complexity index is 1100. The minimum absolute atomic E-state index is 0.0287. The van der Waals surface area contributed by atoms with Crippen molar-refractivity contribution in [2.45, 2.75) is 71.3 Å². The van der Waals surface area contributed by atoms with Crippen LogP contribution in [0.3, 0.4) is 0 Å². The quantitative estimate of drug-likeness (QED) is 0.414. The number of benzene rings is 2. The summed E-state index contributed by atoms with van der Waals surface area (Å²) < 4.78 is 40.5. The van der Waals surface area contributed by atoms with Crippen LogP contribution >= 0.6 is 0 Å². The molecule has 0 bridgehead atoms. The Kier molecular flexibility index (Phi) is 7.00. The summed E-state index contributed by atoms with van der Waals surface area (Å²) in [5, 5.41) is 0.0287. The SMILES string of the molecule is CC(C)(C)OC(=O)N1CC(c2cc(F)ccc2F)=CC1c1cccc(O[Si](C)(C)C(C)(C)C)c1. The van der Waals surface area contributed by atoms with Crippen LogP contribution in [-0.4, -0.2) is 31.5 Å². The minimum atomic E-state index is -2.07. The Morgan fingerprint density at radius 1 is 1.03 bits per heavy atom. The minimum Gasteiger partial charge on any atom is -0.543 e. The normalized spacial score (nSPS) is 16.9. The number of carbonyl (C=O) groups is 1. The molecule has 1 aliphatic heterocycles. The first-order valence-corrected chi connectivity index (χ1v) is 14.4. The van der Waals surface area contributed by atoms with Gasteiger partial charge < -0.3 is 9.16 Å². The van der Waals surface area contributed by atoms with Crippen LogP contribution in [0.25, 0.3) is 5.57 Å². The molecule has 4 nitrogen and oxygen atoms in total. The van der Waals surface area contributed by atoms with E-state index in [1.54, 1.807) is 26.8 Å². The van der Waals surface area contributed by atoms with Crippen LogP contribution in [0.15, 0.2) is 48.5 Å². The van der Waals surface area contributed by atoms with Crippen LogP contribution in [0.4, 0.5) is 13.6 Å². The summed E-state index contributed by atoms with van der Waals surface area (Å²) in [5.74, 6) is -0.339. The lowest BCUT2D eigenvalue weighted by Crippen LogP contribution is -2.43. The van der Waals surface area contributed by atoms with E-state index < -0.39 is 37.7 Å². The van der Waals surface area contributed by atoms with Crippen molar-refractivity contribution in [3.63, 3.8) is 0 Å². The highest BCUT2D eigenvalue weighted by atomic mass is 28.4. The fraction of sp³-hybridized carbons (Fsp3) is 0.444. The van der Waals surface area contributed by atoms with Gasteiger partial charge in [-0.1, -0.05) is 39.0 Å². The molecular weight excluding hydrogens is 452 g/mol. The first-order valence-electron chi connectivity index (χ1n) is 11.5. The first kappa shape index (κ1) is 25.9. The Hall–Kier alpha value is -2.67. The Morgan fingerprint density at radius 2 is 1.71 bits per heavy atom. The second-order valence-electron chi connectivity index (χ2n) is 11.3. The van der Waals surface area contributed by atoms with Crippen LogP contribution in [0.2, 0.25) is 18.1 Å². The lowest BCUT2D eigenvalue weighted by atomic mass is 10.0. The molecule has 0 radical (unpaired) electrons. The summed E-state index contributed by atoms with van der Waals surface area (Å²) in [6.45, 7) is 16.4. The number of rotatable bonds is 4. The van der Waals surface area contributed by atoms with Crippen molar-refractivity contribution in [3.8, 4) is 5.75 Å². The molecule has 34 heavy (non-hydrogen) atoms. The monoisotopic (exact) mass is 487 g/mol. The van der Waals surface area contributed by atoms with Crippen molar-refractivity contribution < 1.29 is 22.7 Å². The fourth-order valence-corrected chi connectivity index (χ4v) is 4.54. The zero-order valence-electron chi connectivity index (χ0n) is 21.3. The second kappa shape index (κ2) is 9.17. The number of hydrogen-bond acceptors (Lipinski definition) is 3. The lowest BCUT2D eigenvalue weighted by molar-refractivity contribution is 0.0242. The molecule has 184 valence electrons. The number of ether oxygens (including phenoxy) is 1. The van der Waals surface area contributed by atoms with Crippen molar-refractivity contribution in [2.75, 3.05) is 6.54 Å². The summed E-state index contributed by atoms with van der Waals surface area (Å²) in [4.78, 5) is 14.6. The van der Waals surface area contributed by atoms with Crippen LogP contribution in [0.1, 0.15) is 58.7 Å². The van der Waals surface area contributed by atoms with Crippen molar-refractivity contribution in [2.24, 2.45) is 0 Å². The average Bonchev–Trinajstić information content (AvgIpc) is 3.13. The van der Waals surface area contributed by atoms with E-state index in [9.17, 15) is 13.6 Å². The Balaban J connectivity index is 2.01. The summed E-state index contributed by atoms with van der Waals surface area (Å²) in [6.07, 6.45) is 1.28. The molecule has 1 atom stereocenters.